The zero-order chi connectivity index (χ0) is 15.1. The van der Waals surface area contributed by atoms with Crippen molar-refractivity contribution >= 4 is 11.0 Å². The zero-order valence-corrected chi connectivity index (χ0v) is 13.2. The zero-order valence-electron chi connectivity index (χ0n) is 13.2. The Labute approximate surface area is 130 Å². The maximum atomic E-state index is 11.9. The standard InChI is InChI=1S/C18H22N2O2/c1-19-5-7-20(8-6-19)12-15-11-18(21)22-17-10-14-4-2-3-13(14)9-16(15)17/h9-11H,2-8,12H2,1H3/p+2. The van der Waals surface area contributed by atoms with Gasteiger partial charge in [-0.1, -0.05) is 0 Å². The Morgan fingerprint density at radius 1 is 1.05 bits per heavy atom. The van der Waals surface area contributed by atoms with Crippen LogP contribution in [-0.2, 0) is 19.4 Å². The van der Waals surface area contributed by atoms with E-state index in [9.17, 15) is 4.79 Å². The van der Waals surface area contributed by atoms with E-state index in [1.54, 1.807) is 15.9 Å². The van der Waals surface area contributed by atoms with Crippen LogP contribution in [-0.4, -0.2) is 33.2 Å². The Morgan fingerprint density at radius 3 is 2.55 bits per heavy atom. The van der Waals surface area contributed by atoms with Gasteiger partial charge in [0.1, 0.15) is 38.3 Å². The molecule has 0 saturated carbocycles. The van der Waals surface area contributed by atoms with Crippen LogP contribution in [0.15, 0.2) is 27.4 Å². The molecule has 1 aromatic heterocycles. The van der Waals surface area contributed by atoms with E-state index >= 15 is 0 Å². The number of aryl methyl sites for hydroxylation is 2. The molecule has 2 N–H and O–H groups in total. The third-order valence-corrected chi connectivity index (χ3v) is 5.29. The molecular weight excluding hydrogens is 276 g/mol. The minimum atomic E-state index is -0.209. The molecule has 0 bridgehead atoms. The summed E-state index contributed by atoms with van der Waals surface area (Å²) >= 11 is 0. The Balaban J connectivity index is 1.71. The van der Waals surface area contributed by atoms with Gasteiger partial charge >= 0.3 is 5.63 Å². The Bertz CT molecular complexity index is 758. The summed E-state index contributed by atoms with van der Waals surface area (Å²) in [5.74, 6) is 0. The molecule has 1 fully saturated rings. The van der Waals surface area contributed by atoms with Crippen molar-refractivity contribution < 1.29 is 14.2 Å². The summed E-state index contributed by atoms with van der Waals surface area (Å²) in [5.41, 5.74) is 4.54. The van der Waals surface area contributed by atoms with Crippen molar-refractivity contribution in [2.75, 3.05) is 33.2 Å². The first-order valence-electron chi connectivity index (χ1n) is 8.42. The number of piperazine rings is 1. The number of hydrogen-bond acceptors (Lipinski definition) is 2. The summed E-state index contributed by atoms with van der Waals surface area (Å²) in [4.78, 5) is 15.1. The molecule has 4 rings (SSSR count). The lowest BCUT2D eigenvalue weighted by molar-refractivity contribution is -1.01. The van der Waals surface area contributed by atoms with E-state index in [0.717, 1.165) is 35.9 Å². The van der Waals surface area contributed by atoms with Crippen LogP contribution in [0.2, 0.25) is 0 Å². The highest BCUT2D eigenvalue weighted by atomic mass is 16.4. The molecule has 0 amide bonds. The lowest BCUT2D eigenvalue weighted by Gasteiger charge is -2.27. The molecule has 1 aliphatic carbocycles. The predicted molar refractivity (Wildman–Crippen MR) is 85.5 cm³/mol. The monoisotopic (exact) mass is 300 g/mol. The molecule has 1 saturated heterocycles. The predicted octanol–water partition coefficient (Wildman–Crippen LogP) is -0.805. The van der Waals surface area contributed by atoms with Crippen LogP contribution < -0.4 is 15.4 Å². The van der Waals surface area contributed by atoms with Gasteiger partial charge in [-0.25, -0.2) is 4.79 Å². The second-order valence-electron chi connectivity index (χ2n) is 6.95. The average Bonchev–Trinajstić information content (AvgIpc) is 2.95. The summed E-state index contributed by atoms with van der Waals surface area (Å²) in [6, 6.07) is 6.09. The Morgan fingerprint density at radius 2 is 1.77 bits per heavy atom. The maximum Gasteiger partial charge on any atom is 0.336 e. The molecule has 22 heavy (non-hydrogen) atoms. The van der Waals surface area contributed by atoms with Crippen LogP contribution in [0.3, 0.4) is 0 Å². The minimum absolute atomic E-state index is 0.209. The van der Waals surface area contributed by atoms with E-state index in [1.807, 2.05) is 0 Å². The molecule has 116 valence electrons. The third kappa shape index (κ3) is 2.57. The van der Waals surface area contributed by atoms with E-state index in [-0.39, 0.29) is 5.63 Å². The van der Waals surface area contributed by atoms with Gasteiger partial charge in [0, 0.05) is 17.0 Å². The van der Waals surface area contributed by atoms with Crippen molar-refractivity contribution in [3.63, 3.8) is 0 Å². The number of nitrogens with one attached hydrogen (secondary N) is 2. The maximum absolute atomic E-state index is 11.9. The number of fused-ring (bicyclic) bond motifs is 2. The van der Waals surface area contributed by atoms with Crippen molar-refractivity contribution in [2.24, 2.45) is 0 Å². The first-order chi connectivity index (χ1) is 10.7. The molecule has 1 aromatic carbocycles. The molecule has 0 atom stereocenters. The summed E-state index contributed by atoms with van der Waals surface area (Å²) < 4.78 is 5.46. The van der Waals surface area contributed by atoms with E-state index in [4.69, 9.17) is 4.42 Å². The molecule has 0 spiro atoms. The van der Waals surface area contributed by atoms with Gasteiger partial charge in [-0.15, -0.1) is 0 Å². The van der Waals surface area contributed by atoms with Gasteiger partial charge in [-0.3, -0.25) is 0 Å². The van der Waals surface area contributed by atoms with Crippen LogP contribution in [0.1, 0.15) is 23.1 Å². The molecule has 4 nitrogen and oxygen atoms in total. The minimum Gasteiger partial charge on any atom is -0.423 e. The van der Waals surface area contributed by atoms with Gasteiger partial charge in [0.05, 0.1) is 7.05 Å². The Hall–Kier alpha value is -1.65. The Kier molecular flexibility index (Phi) is 3.51. The molecule has 2 heterocycles. The number of hydrogen-bond donors (Lipinski definition) is 2. The molecule has 1 aliphatic heterocycles. The number of benzene rings is 1. The third-order valence-electron chi connectivity index (χ3n) is 5.29. The second kappa shape index (κ2) is 5.52. The molecule has 2 aliphatic rings. The fourth-order valence-electron chi connectivity index (χ4n) is 3.92. The van der Waals surface area contributed by atoms with Crippen molar-refractivity contribution in [1.29, 1.82) is 0 Å². The van der Waals surface area contributed by atoms with Crippen LogP contribution >= 0.6 is 0 Å². The second-order valence-corrected chi connectivity index (χ2v) is 6.95. The quantitative estimate of drug-likeness (QED) is 0.713. The van der Waals surface area contributed by atoms with E-state index < -0.39 is 0 Å². The first kappa shape index (κ1) is 14.0. The van der Waals surface area contributed by atoms with Crippen LogP contribution in [0.5, 0.6) is 0 Å². The highest BCUT2D eigenvalue weighted by Gasteiger charge is 2.22. The normalized spacial score (nSPS) is 24.6. The summed E-state index contributed by atoms with van der Waals surface area (Å²) in [5, 5.41) is 1.15. The van der Waals surface area contributed by atoms with Gasteiger partial charge in [0.25, 0.3) is 0 Å². The fourth-order valence-corrected chi connectivity index (χ4v) is 3.92. The molecule has 0 unspecified atom stereocenters. The highest BCUT2D eigenvalue weighted by Crippen LogP contribution is 2.28. The smallest absolute Gasteiger partial charge is 0.336 e. The lowest BCUT2D eigenvalue weighted by atomic mass is 10.0. The highest BCUT2D eigenvalue weighted by molar-refractivity contribution is 5.82. The molecule has 4 heteroatoms. The van der Waals surface area contributed by atoms with E-state index in [0.29, 0.717) is 0 Å². The van der Waals surface area contributed by atoms with Gasteiger partial charge in [-0.05, 0) is 42.5 Å². The molecule has 2 aromatic rings. The number of quaternary nitrogens is 2. The van der Waals surface area contributed by atoms with Gasteiger partial charge in [0.15, 0.2) is 0 Å². The lowest BCUT2D eigenvalue weighted by Crippen LogP contribution is -3.26. The average molecular weight is 300 g/mol. The first-order valence-corrected chi connectivity index (χ1v) is 8.42. The van der Waals surface area contributed by atoms with E-state index in [1.165, 1.54) is 43.7 Å². The van der Waals surface area contributed by atoms with Gasteiger partial charge in [0.2, 0.25) is 0 Å². The fraction of sp³-hybridized carbons (Fsp3) is 0.500. The van der Waals surface area contributed by atoms with E-state index in [2.05, 4.69) is 19.2 Å². The van der Waals surface area contributed by atoms with Gasteiger partial charge in [-0.2, -0.15) is 0 Å². The largest absolute Gasteiger partial charge is 0.423 e. The van der Waals surface area contributed by atoms with Crippen LogP contribution in [0.25, 0.3) is 11.0 Å². The summed E-state index contributed by atoms with van der Waals surface area (Å²) in [6.07, 6.45) is 3.50. The topological polar surface area (TPSA) is 39.1 Å². The van der Waals surface area contributed by atoms with Crippen LogP contribution in [0.4, 0.5) is 0 Å². The summed E-state index contributed by atoms with van der Waals surface area (Å²) in [7, 11) is 2.26. The SMILES string of the molecule is C[NH+]1CC[NH+](Cc2cc(=O)oc3cc4c(cc23)CCC4)CC1. The van der Waals surface area contributed by atoms with Crippen molar-refractivity contribution in [3.05, 3.63) is 45.3 Å². The van der Waals surface area contributed by atoms with Crippen molar-refractivity contribution in [2.45, 2.75) is 25.8 Å². The number of rotatable bonds is 2. The molecule has 0 radical (unpaired) electrons. The number of likely N-dealkylation sites (N-methyl/N-ethyl adjacent to an activating group) is 1. The van der Waals surface area contributed by atoms with Gasteiger partial charge < -0.3 is 14.2 Å². The van der Waals surface area contributed by atoms with Crippen molar-refractivity contribution in [3.8, 4) is 0 Å². The van der Waals surface area contributed by atoms with Crippen LogP contribution in [0, 0.1) is 0 Å². The molecular formula is C18H24N2O2+2. The van der Waals surface area contributed by atoms with Crippen molar-refractivity contribution in [1.82, 2.24) is 0 Å². The summed E-state index contributed by atoms with van der Waals surface area (Å²) in [6.45, 7) is 5.72.